The maximum atomic E-state index is 12.7. The van der Waals surface area contributed by atoms with Gasteiger partial charge < -0.3 is 22.1 Å². The molecule has 4 aromatic rings. The molecule has 4 aromatic carbocycles. The lowest BCUT2D eigenvalue weighted by Crippen LogP contribution is -2.46. The Morgan fingerprint density at radius 2 is 0.947 bits per heavy atom. The second-order valence-electron chi connectivity index (χ2n) is 8.55. The highest BCUT2D eigenvalue weighted by Crippen LogP contribution is 2.24. The van der Waals surface area contributed by atoms with Crippen LogP contribution in [0.4, 0.5) is 0 Å². The molecule has 0 heterocycles. The van der Waals surface area contributed by atoms with E-state index in [1.807, 2.05) is 60.7 Å². The Morgan fingerprint density at radius 3 is 1.32 bits per heavy atom. The summed E-state index contributed by atoms with van der Waals surface area (Å²) < 4.78 is 0. The predicted octanol–water partition coefficient (Wildman–Crippen LogP) is 3.24. The van der Waals surface area contributed by atoms with Crippen LogP contribution in [0, 0.1) is 0 Å². The first-order chi connectivity index (χ1) is 18.3. The number of carbonyl (C=O) groups excluding carboxylic acids is 4. The van der Waals surface area contributed by atoms with Crippen LogP contribution in [0.2, 0.25) is 0 Å². The quantitative estimate of drug-likeness (QED) is 0.168. The van der Waals surface area contributed by atoms with Gasteiger partial charge in [0.1, 0.15) is 12.1 Å². The highest BCUT2D eigenvalue weighted by molar-refractivity contribution is 8.76. The Morgan fingerprint density at radius 1 is 0.579 bits per heavy atom. The lowest BCUT2D eigenvalue weighted by molar-refractivity contribution is -0.120. The van der Waals surface area contributed by atoms with Crippen molar-refractivity contribution in [2.24, 2.45) is 11.5 Å². The van der Waals surface area contributed by atoms with E-state index in [1.165, 1.54) is 21.6 Å². The van der Waals surface area contributed by atoms with Gasteiger partial charge in [-0.25, -0.2) is 0 Å². The molecule has 4 rings (SSSR count). The van der Waals surface area contributed by atoms with Crippen molar-refractivity contribution < 1.29 is 19.2 Å². The Bertz CT molecular complexity index is 1400. The monoisotopic (exact) mass is 546 g/mol. The van der Waals surface area contributed by atoms with E-state index in [4.69, 9.17) is 11.5 Å². The van der Waals surface area contributed by atoms with Gasteiger partial charge in [-0.15, -0.1) is 0 Å². The van der Waals surface area contributed by atoms with E-state index < -0.39 is 35.7 Å². The molecule has 0 unspecified atom stereocenters. The number of hydrogen-bond acceptors (Lipinski definition) is 6. The van der Waals surface area contributed by atoms with Crippen LogP contribution in [0.1, 0.15) is 20.7 Å². The fourth-order valence-electron chi connectivity index (χ4n) is 3.77. The van der Waals surface area contributed by atoms with Crippen LogP contribution in [0.5, 0.6) is 0 Å². The van der Waals surface area contributed by atoms with Gasteiger partial charge in [0.15, 0.2) is 0 Å². The number of rotatable bonds is 11. The smallest absolute Gasteiger partial charge is 0.251 e. The number of primary amides is 2. The Balaban J connectivity index is 1.30. The molecule has 0 aliphatic rings. The van der Waals surface area contributed by atoms with Crippen LogP contribution in [-0.4, -0.2) is 47.2 Å². The van der Waals surface area contributed by atoms with E-state index in [0.29, 0.717) is 11.1 Å². The van der Waals surface area contributed by atoms with Gasteiger partial charge in [-0.05, 0) is 45.8 Å². The molecule has 0 aliphatic heterocycles. The molecule has 0 aromatic heterocycles. The van der Waals surface area contributed by atoms with Crippen LogP contribution >= 0.6 is 21.6 Å². The van der Waals surface area contributed by atoms with E-state index in [1.54, 1.807) is 24.3 Å². The summed E-state index contributed by atoms with van der Waals surface area (Å²) in [6, 6.07) is 24.0. The third-order valence-electron chi connectivity index (χ3n) is 5.87. The van der Waals surface area contributed by atoms with E-state index >= 15 is 0 Å². The van der Waals surface area contributed by atoms with Gasteiger partial charge in [0.25, 0.3) is 11.8 Å². The minimum Gasteiger partial charge on any atom is -0.368 e. The number of carbonyl (C=O) groups is 4. The largest absolute Gasteiger partial charge is 0.368 e. The zero-order valence-electron chi connectivity index (χ0n) is 20.3. The number of benzene rings is 4. The second-order valence-corrected chi connectivity index (χ2v) is 11.1. The van der Waals surface area contributed by atoms with Crippen molar-refractivity contribution >= 4 is 66.8 Å². The van der Waals surface area contributed by atoms with Crippen molar-refractivity contribution in [2.75, 3.05) is 11.5 Å². The fraction of sp³-hybridized carbons (Fsp3) is 0.143. The molecule has 0 aliphatic carbocycles. The molecule has 194 valence electrons. The predicted molar refractivity (Wildman–Crippen MR) is 154 cm³/mol. The molecule has 8 nitrogen and oxygen atoms in total. The highest BCUT2D eigenvalue weighted by Gasteiger charge is 2.22. The van der Waals surface area contributed by atoms with E-state index in [9.17, 15) is 19.2 Å². The molecule has 0 spiro atoms. The van der Waals surface area contributed by atoms with Crippen molar-refractivity contribution in [1.82, 2.24) is 10.6 Å². The average molecular weight is 547 g/mol. The molecule has 6 N–H and O–H groups in total. The standard InChI is InChI=1S/C28H26N4O4S2/c29-25(33)23(31-27(35)21-11-9-17-5-1-3-7-19(17)13-21)15-37-38-16-24(26(30)34)32-28(36)22-12-10-18-6-2-4-8-20(18)14-22/h1-14,23-24H,15-16H2,(H2,29,33)(H2,30,34)(H,31,35)(H,32,36)/t23-,24-/m0/s1. The molecule has 0 radical (unpaired) electrons. The summed E-state index contributed by atoms with van der Waals surface area (Å²) in [6.45, 7) is 0. The van der Waals surface area contributed by atoms with Gasteiger partial charge >= 0.3 is 0 Å². The third-order valence-corrected chi connectivity index (χ3v) is 8.30. The molecule has 0 fully saturated rings. The normalized spacial score (nSPS) is 12.5. The van der Waals surface area contributed by atoms with Crippen LogP contribution in [0.25, 0.3) is 21.5 Å². The summed E-state index contributed by atoms with van der Waals surface area (Å²) in [5, 5.41) is 9.15. The number of nitrogens with one attached hydrogen (secondary N) is 2. The van der Waals surface area contributed by atoms with Gasteiger partial charge in [0.2, 0.25) is 11.8 Å². The van der Waals surface area contributed by atoms with E-state index in [-0.39, 0.29) is 11.5 Å². The number of nitrogens with two attached hydrogens (primary N) is 2. The molecule has 2 atom stereocenters. The summed E-state index contributed by atoms with van der Waals surface area (Å²) >= 11 is 0. The summed E-state index contributed by atoms with van der Waals surface area (Å²) in [5.74, 6) is -1.84. The third kappa shape index (κ3) is 6.84. The first kappa shape index (κ1) is 27.0. The fourth-order valence-corrected chi connectivity index (χ4v) is 6.12. The first-order valence-corrected chi connectivity index (χ1v) is 14.2. The van der Waals surface area contributed by atoms with Gasteiger partial charge in [-0.1, -0.05) is 82.3 Å². The molecule has 10 heteroatoms. The van der Waals surface area contributed by atoms with Crippen molar-refractivity contribution in [3.05, 3.63) is 96.1 Å². The molecule has 0 saturated carbocycles. The lowest BCUT2D eigenvalue weighted by Gasteiger charge is -2.17. The Kier molecular flexibility index (Phi) is 8.88. The van der Waals surface area contributed by atoms with Crippen molar-refractivity contribution in [1.29, 1.82) is 0 Å². The highest BCUT2D eigenvalue weighted by atomic mass is 33.1. The molecule has 38 heavy (non-hydrogen) atoms. The second kappa shape index (κ2) is 12.5. The average Bonchev–Trinajstić information content (AvgIpc) is 2.92. The molecule has 0 saturated heterocycles. The number of amides is 4. The van der Waals surface area contributed by atoms with Gasteiger partial charge in [-0.2, -0.15) is 0 Å². The number of fused-ring (bicyclic) bond motifs is 2. The summed E-state index contributed by atoms with van der Waals surface area (Å²) in [6.07, 6.45) is 0. The topological polar surface area (TPSA) is 144 Å². The number of hydrogen-bond donors (Lipinski definition) is 4. The maximum absolute atomic E-state index is 12.7. The van der Waals surface area contributed by atoms with Crippen LogP contribution in [0.15, 0.2) is 84.9 Å². The minimum absolute atomic E-state index is 0.170. The van der Waals surface area contributed by atoms with E-state index in [2.05, 4.69) is 10.6 Å². The summed E-state index contributed by atoms with van der Waals surface area (Å²) in [5.41, 5.74) is 11.8. The summed E-state index contributed by atoms with van der Waals surface area (Å²) in [7, 11) is 2.48. The molecule has 0 bridgehead atoms. The minimum atomic E-state index is -0.925. The zero-order chi connectivity index (χ0) is 27.1. The van der Waals surface area contributed by atoms with Gasteiger partial charge in [-0.3, -0.25) is 19.2 Å². The lowest BCUT2D eigenvalue weighted by atomic mass is 10.1. The van der Waals surface area contributed by atoms with Gasteiger partial charge in [0.05, 0.1) is 0 Å². The first-order valence-electron chi connectivity index (χ1n) is 11.7. The van der Waals surface area contributed by atoms with Crippen LogP contribution in [-0.2, 0) is 9.59 Å². The maximum Gasteiger partial charge on any atom is 0.251 e. The van der Waals surface area contributed by atoms with Crippen molar-refractivity contribution in [3.63, 3.8) is 0 Å². The van der Waals surface area contributed by atoms with E-state index in [0.717, 1.165) is 21.5 Å². The Labute approximate surface area is 227 Å². The van der Waals surface area contributed by atoms with Crippen LogP contribution < -0.4 is 22.1 Å². The van der Waals surface area contributed by atoms with Gasteiger partial charge in [0, 0.05) is 22.6 Å². The van der Waals surface area contributed by atoms with Crippen molar-refractivity contribution in [2.45, 2.75) is 12.1 Å². The van der Waals surface area contributed by atoms with Crippen molar-refractivity contribution in [3.8, 4) is 0 Å². The summed E-state index contributed by atoms with van der Waals surface area (Å²) in [4.78, 5) is 49.4. The zero-order valence-corrected chi connectivity index (χ0v) is 21.9. The van der Waals surface area contributed by atoms with Crippen LogP contribution in [0.3, 0.4) is 0 Å². The molecular formula is C28H26N4O4S2. The Hall–Kier alpha value is -4.02. The SMILES string of the molecule is NC(=O)[C@H](CSSC[C@H](NC(=O)c1ccc2ccccc2c1)C(N)=O)NC(=O)c1ccc2ccccc2c1. The molecular weight excluding hydrogens is 520 g/mol. The molecule has 4 amide bonds.